The van der Waals surface area contributed by atoms with Crippen LogP contribution in [0.25, 0.3) is 11.1 Å². The number of carbonyl (C=O) groups is 1. The van der Waals surface area contributed by atoms with Gasteiger partial charge in [-0.2, -0.15) is 0 Å². The first-order valence-electron chi connectivity index (χ1n) is 8.75. The van der Waals surface area contributed by atoms with Crippen LogP contribution in [-0.2, 0) is 5.41 Å². The molecule has 0 heterocycles. The van der Waals surface area contributed by atoms with Crippen LogP contribution in [0.1, 0.15) is 36.7 Å². The molecule has 0 amide bonds. The number of nitrogens with one attached hydrogen (secondary N) is 1. The van der Waals surface area contributed by atoms with Crippen molar-refractivity contribution in [2.45, 2.75) is 26.2 Å². The number of hydrogen-bond donors (Lipinski definition) is 2. The second kappa shape index (κ2) is 7.23. The molecule has 0 unspecified atom stereocenters. The molecule has 0 saturated heterocycles. The molecule has 0 saturated carbocycles. The number of anilines is 2. The van der Waals surface area contributed by atoms with E-state index in [0.717, 1.165) is 11.1 Å². The molecular formula is C23H22FNO2. The minimum Gasteiger partial charge on any atom is -0.478 e. The van der Waals surface area contributed by atoms with E-state index in [1.807, 2.05) is 12.1 Å². The van der Waals surface area contributed by atoms with Gasteiger partial charge in [0.05, 0.1) is 11.3 Å². The maximum atomic E-state index is 13.1. The van der Waals surface area contributed by atoms with Gasteiger partial charge in [0.15, 0.2) is 0 Å². The average molecular weight is 363 g/mol. The molecule has 0 aliphatic rings. The Balaban J connectivity index is 1.98. The second-order valence-corrected chi connectivity index (χ2v) is 7.52. The summed E-state index contributed by atoms with van der Waals surface area (Å²) in [4.78, 5) is 11.6. The number of aromatic carboxylic acids is 1. The fraction of sp³-hybridized carbons (Fsp3) is 0.174. The lowest BCUT2D eigenvalue weighted by Crippen LogP contribution is -2.10. The highest BCUT2D eigenvalue weighted by Gasteiger charge is 2.15. The lowest BCUT2D eigenvalue weighted by Gasteiger charge is -2.19. The first-order chi connectivity index (χ1) is 12.7. The number of carboxylic acids is 1. The van der Waals surface area contributed by atoms with Gasteiger partial charge in [-0.15, -0.1) is 0 Å². The van der Waals surface area contributed by atoms with Crippen LogP contribution < -0.4 is 5.32 Å². The van der Waals surface area contributed by atoms with Gasteiger partial charge < -0.3 is 10.4 Å². The molecule has 4 heteroatoms. The van der Waals surface area contributed by atoms with E-state index >= 15 is 0 Å². The highest BCUT2D eigenvalue weighted by Crippen LogP contribution is 2.30. The Hall–Kier alpha value is -3.14. The van der Waals surface area contributed by atoms with Crippen molar-refractivity contribution >= 4 is 17.3 Å². The molecule has 3 nitrogen and oxygen atoms in total. The third kappa shape index (κ3) is 4.34. The van der Waals surface area contributed by atoms with Crippen LogP contribution in [-0.4, -0.2) is 11.1 Å². The van der Waals surface area contributed by atoms with Gasteiger partial charge in [0.1, 0.15) is 5.82 Å². The van der Waals surface area contributed by atoms with Crippen molar-refractivity contribution in [2.75, 3.05) is 5.32 Å². The number of carboxylic acid groups (broad SMARTS) is 1. The molecule has 0 aromatic heterocycles. The molecule has 0 bridgehead atoms. The second-order valence-electron chi connectivity index (χ2n) is 7.52. The Morgan fingerprint density at radius 1 is 0.889 bits per heavy atom. The summed E-state index contributed by atoms with van der Waals surface area (Å²) in [5, 5.41) is 12.6. The van der Waals surface area contributed by atoms with E-state index in [1.54, 1.807) is 30.3 Å². The summed E-state index contributed by atoms with van der Waals surface area (Å²) in [6, 6.07) is 19.3. The van der Waals surface area contributed by atoms with E-state index in [4.69, 9.17) is 0 Å². The quantitative estimate of drug-likeness (QED) is 0.577. The van der Waals surface area contributed by atoms with Crippen molar-refractivity contribution in [1.82, 2.24) is 0 Å². The van der Waals surface area contributed by atoms with E-state index < -0.39 is 5.97 Å². The minimum atomic E-state index is -1.02. The number of benzene rings is 3. The fourth-order valence-corrected chi connectivity index (χ4v) is 2.87. The van der Waals surface area contributed by atoms with E-state index in [-0.39, 0.29) is 16.8 Å². The number of halogens is 1. The maximum Gasteiger partial charge on any atom is 0.337 e. The lowest BCUT2D eigenvalue weighted by atomic mass is 9.86. The van der Waals surface area contributed by atoms with Gasteiger partial charge in [0.2, 0.25) is 0 Å². The van der Waals surface area contributed by atoms with Crippen molar-refractivity contribution in [3.8, 4) is 11.1 Å². The normalized spacial score (nSPS) is 11.3. The predicted octanol–water partition coefficient (Wildman–Crippen LogP) is 6.23. The summed E-state index contributed by atoms with van der Waals surface area (Å²) in [5.41, 5.74) is 4.46. The summed E-state index contributed by atoms with van der Waals surface area (Å²) in [6.07, 6.45) is 0. The third-order valence-corrected chi connectivity index (χ3v) is 4.46. The molecular weight excluding hydrogens is 341 g/mol. The smallest absolute Gasteiger partial charge is 0.337 e. The van der Waals surface area contributed by atoms with Crippen molar-refractivity contribution in [3.63, 3.8) is 0 Å². The van der Waals surface area contributed by atoms with Crippen LogP contribution in [0.4, 0.5) is 15.8 Å². The van der Waals surface area contributed by atoms with Gasteiger partial charge in [-0.05, 0) is 58.5 Å². The first-order valence-corrected chi connectivity index (χ1v) is 8.75. The molecule has 0 aliphatic carbocycles. The maximum absolute atomic E-state index is 13.1. The molecule has 0 fully saturated rings. The van der Waals surface area contributed by atoms with Gasteiger partial charge in [0.25, 0.3) is 0 Å². The van der Waals surface area contributed by atoms with E-state index in [0.29, 0.717) is 11.4 Å². The minimum absolute atomic E-state index is 0.0704. The van der Waals surface area contributed by atoms with E-state index in [1.165, 1.54) is 17.7 Å². The van der Waals surface area contributed by atoms with E-state index in [2.05, 4.69) is 38.2 Å². The lowest BCUT2D eigenvalue weighted by molar-refractivity contribution is 0.0698. The summed E-state index contributed by atoms with van der Waals surface area (Å²) in [5.74, 6) is -1.36. The number of rotatable bonds is 4. The first kappa shape index (κ1) is 18.6. The molecule has 3 rings (SSSR count). The molecule has 0 radical (unpaired) electrons. The zero-order valence-corrected chi connectivity index (χ0v) is 15.6. The molecule has 0 spiro atoms. The van der Waals surface area contributed by atoms with Crippen LogP contribution in [0.15, 0.2) is 66.7 Å². The monoisotopic (exact) mass is 363 g/mol. The van der Waals surface area contributed by atoms with Crippen LogP contribution in [0.2, 0.25) is 0 Å². The zero-order chi connectivity index (χ0) is 19.6. The SMILES string of the molecule is CC(C)(C)c1ccc(-c2ccc(C(=O)O)c(Nc3ccc(F)cc3)c2)cc1. The Labute approximate surface area is 158 Å². The molecule has 0 aliphatic heterocycles. The Morgan fingerprint density at radius 2 is 1.48 bits per heavy atom. The zero-order valence-electron chi connectivity index (χ0n) is 15.6. The van der Waals surface area contributed by atoms with Crippen molar-refractivity contribution in [1.29, 1.82) is 0 Å². The van der Waals surface area contributed by atoms with Gasteiger partial charge in [0, 0.05) is 5.69 Å². The topological polar surface area (TPSA) is 49.3 Å². The number of hydrogen-bond acceptors (Lipinski definition) is 2. The molecule has 0 atom stereocenters. The van der Waals surface area contributed by atoms with Gasteiger partial charge in [-0.3, -0.25) is 0 Å². The predicted molar refractivity (Wildman–Crippen MR) is 107 cm³/mol. The average Bonchev–Trinajstić information content (AvgIpc) is 2.63. The van der Waals surface area contributed by atoms with Crippen LogP contribution in [0.3, 0.4) is 0 Å². The standard InChI is InChI=1S/C23H22FNO2/c1-23(2,3)17-7-4-15(5-8-17)16-6-13-20(22(26)27)21(14-16)25-19-11-9-18(24)10-12-19/h4-14,25H,1-3H3,(H,26,27). The molecule has 138 valence electrons. The van der Waals surface area contributed by atoms with Crippen molar-refractivity contribution in [3.05, 3.63) is 83.7 Å². The summed E-state index contributed by atoms with van der Waals surface area (Å²) in [7, 11) is 0. The molecule has 3 aromatic carbocycles. The molecule has 3 aromatic rings. The highest BCUT2D eigenvalue weighted by molar-refractivity contribution is 5.96. The third-order valence-electron chi connectivity index (χ3n) is 4.46. The molecule has 27 heavy (non-hydrogen) atoms. The highest BCUT2D eigenvalue weighted by atomic mass is 19.1. The summed E-state index contributed by atoms with van der Waals surface area (Å²) in [6.45, 7) is 6.48. The Kier molecular flexibility index (Phi) is 5.00. The van der Waals surface area contributed by atoms with Crippen LogP contribution in [0, 0.1) is 5.82 Å². The fourth-order valence-electron chi connectivity index (χ4n) is 2.87. The van der Waals surface area contributed by atoms with Crippen LogP contribution >= 0.6 is 0 Å². The van der Waals surface area contributed by atoms with Crippen molar-refractivity contribution in [2.24, 2.45) is 0 Å². The summed E-state index contributed by atoms with van der Waals surface area (Å²) >= 11 is 0. The summed E-state index contributed by atoms with van der Waals surface area (Å²) < 4.78 is 13.1. The van der Waals surface area contributed by atoms with E-state index in [9.17, 15) is 14.3 Å². The Bertz CT molecular complexity index is 955. The largest absolute Gasteiger partial charge is 0.478 e. The van der Waals surface area contributed by atoms with Crippen LogP contribution in [0.5, 0.6) is 0 Å². The van der Waals surface area contributed by atoms with Crippen molar-refractivity contribution < 1.29 is 14.3 Å². The Morgan fingerprint density at radius 3 is 2.04 bits per heavy atom. The molecule has 2 N–H and O–H groups in total. The van der Waals surface area contributed by atoms with Gasteiger partial charge >= 0.3 is 5.97 Å². The van der Waals surface area contributed by atoms with Gasteiger partial charge in [-0.1, -0.05) is 51.1 Å². The van der Waals surface area contributed by atoms with Gasteiger partial charge in [-0.25, -0.2) is 9.18 Å².